The first-order valence-electron chi connectivity index (χ1n) is 7.44. The summed E-state index contributed by atoms with van der Waals surface area (Å²) in [6.07, 6.45) is 0. The molecule has 2 aromatic carbocycles. The molecule has 1 heterocycles. The molecule has 0 spiro atoms. The molecule has 9 heteroatoms. The van der Waals surface area contributed by atoms with Gasteiger partial charge in [0.1, 0.15) is 5.75 Å². The molecule has 3 rings (SSSR count). The Hall–Kier alpha value is -3.38. The van der Waals surface area contributed by atoms with Crippen LogP contribution >= 0.6 is 11.8 Å². The molecule has 0 radical (unpaired) electrons. The van der Waals surface area contributed by atoms with Crippen molar-refractivity contribution in [1.82, 2.24) is 14.8 Å². The van der Waals surface area contributed by atoms with Gasteiger partial charge in [-0.25, -0.2) is 0 Å². The Bertz CT molecular complexity index is 1030. The molecule has 0 aliphatic rings. The largest absolute Gasteiger partial charge is 0.496 e. The predicted octanol–water partition coefficient (Wildman–Crippen LogP) is 3.42. The second-order valence-electron chi connectivity index (χ2n) is 5.22. The molecule has 8 nitrogen and oxygen atoms in total. The predicted molar refractivity (Wildman–Crippen MR) is 94.9 cm³/mol. The molecule has 0 fully saturated rings. The van der Waals surface area contributed by atoms with E-state index in [1.54, 1.807) is 18.7 Å². The Balaban J connectivity index is 2.02. The number of hydrogen-bond donors (Lipinski definition) is 0. The summed E-state index contributed by atoms with van der Waals surface area (Å²) < 4.78 is 7.08. The third-order valence-corrected chi connectivity index (χ3v) is 4.75. The van der Waals surface area contributed by atoms with Crippen molar-refractivity contribution in [3.8, 4) is 23.2 Å². The maximum absolute atomic E-state index is 11.3. The van der Waals surface area contributed by atoms with Gasteiger partial charge in [-0.05, 0) is 36.0 Å². The number of para-hydroxylation sites is 1. The number of benzene rings is 2. The van der Waals surface area contributed by atoms with Crippen molar-refractivity contribution in [1.29, 1.82) is 5.26 Å². The molecule has 0 atom stereocenters. The summed E-state index contributed by atoms with van der Waals surface area (Å²) in [5, 5.41) is 29.1. The third-order valence-electron chi connectivity index (χ3n) is 3.67. The highest BCUT2D eigenvalue weighted by molar-refractivity contribution is 7.99. The van der Waals surface area contributed by atoms with Crippen molar-refractivity contribution in [3.05, 3.63) is 58.1 Å². The van der Waals surface area contributed by atoms with Gasteiger partial charge in [-0.2, -0.15) is 5.26 Å². The van der Waals surface area contributed by atoms with Gasteiger partial charge >= 0.3 is 0 Å². The van der Waals surface area contributed by atoms with E-state index < -0.39 is 4.92 Å². The lowest BCUT2D eigenvalue weighted by atomic mass is 10.2. The van der Waals surface area contributed by atoms with Gasteiger partial charge in [-0.1, -0.05) is 12.1 Å². The first-order chi connectivity index (χ1) is 12.5. The van der Waals surface area contributed by atoms with E-state index in [-0.39, 0.29) is 5.69 Å². The number of nitro benzene ring substituents is 1. The molecule has 3 aromatic rings. The lowest BCUT2D eigenvalue weighted by Gasteiger charge is -2.08. The average Bonchev–Trinajstić information content (AvgIpc) is 3.01. The summed E-state index contributed by atoms with van der Waals surface area (Å²) in [5.41, 5.74) is 1.01. The number of methoxy groups -OCH3 is 1. The Morgan fingerprint density at radius 1 is 1.27 bits per heavy atom. The summed E-state index contributed by atoms with van der Waals surface area (Å²) in [4.78, 5) is 11.1. The van der Waals surface area contributed by atoms with Crippen LogP contribution in [0.25, 0.3) is 11.4 Å². The highest BCUT2D eigenvalue weighted by Gasteiger charge is 2.20. The van der Waals surface area contributed by atoms with Crippen LogP contribution in [-0.2, 0) is 7.05 Å². The van der Waals surface area contributed by atoms with Crippen LogP contribution in [0.15, 0.2) is 52.5 Å². The molecule has 0 unspecified atom stereocenters. The van der Waals surface area contributed by atoms with Crippen LogP contribution in [0.1, 0.15) is 5.56 Å². The van der Waals surface area contributed by atoms with Gasteiger partial charge in [0, 0.05) is 13.1 Å². The summed E-state index contributed by atoms with van der Waals surface area (Å²) in [6.45, 7) is 0. The summed E-state index contributed by atoms with van der Waals surface area (Å²) >= 11 is 1.08. The number of ether oxygens (including phenoxy) is 1. The fourth-order valence-corrected chi connectivity index (χ4v) is 3.32. The van der Waals surface area contributed by atoms with Gasteiger partial charge in [-0.3, -0.25) is 10.1 Å². The molecule has 0 bridgehead atoms. The second-order valence-corrected chi connectivity index (χ2v) is 6.23. The summed E-state index contributed by atoms with van der Waals surface area (Å²) in [5.74, 6) is 1.22. The van der Waals surface area contributed by atoms with Gasteiger partial charge < -0.3 is 9.30 Å². The fraction of sp³-hybridized carbons (Fsp3) is 0.118. The van der Waals surface area contributed by atoms with Crippen LogP contribution in [-0.4, -0.2) is 26.8 Å². The first kappa shape index (κ1) is 17.4. The lowest BCUT2D eigenvalue weighted by Crippen LogP contribution is -1.97. The molecule has 0 aliphatic heterocycles. The van der Waals surface area contributed by atoms with Gasteiger partial charge in [0.25, 0.3) is 5.69 Å². The van der Waals surface area contributed by atoms with E-state index in [1.165, 1.54) is 18.2 Å². The fourth-order valence-electron chi connectivity index (χ4n) is 2.38. The van der Waals surface area contributed by atoms with Gasteiger partial charge in [-0.15, -0.1) is 10.2 Å². The Labute approximate surface area is 153 Å². The van der Waals surface area contributed by atoms with Crippen LogP contribution in [0, 0.1) is 21.4 Å². The Morgan fingerprint density at radius 3 is 2.73 bits per heavy atom. The number of rotatable bonds is 5. The molecule has 26 heavy (non-hydrogen) atoms. The normalized spacial score (nSPS) is 10.3. The van der Waals surface area contributed by atoms with Crippen molar-refractivity contribution in [2.75, 3.05) is 7.11 Å². The minimum atomic E-state index is -0.485. The molecule has 0 amide bonds. The molecule has 0 aliphatic carbocycles. The zero-order valence-electron chi connectivity index (χ0n) is 13.9. The van der Waals surface area contributed by atoms with Crippen molar-refractivity contribution < 1.29 is 9.66 Å². The molecule has 0 saturated carbocycles. The van der Waals surface area contributed by atoms with Crippen molar-refractivity contribution in [2.24, 2.45) is 7.05 Å². The van der Waals surface area contributed by atoms with E-state index in [9.17, 15) is 10.1 Å². The smallest absolute Gasteiger partial charge is 0.283 e. The summed E-state index contributed by atoms with van der Waals surface area (Å²) in [7, 11) is 3.34. The van der Waals surface area contributed by atoms with E-state index in [0.717, 1.165) is 17.3 Å². The highest BCUT2D eigenvalue weighted by atomic mass is 32.2. The van der Waals surface area contributed by atoms with Crippen LogP contribution in [0.5, 0.6) is 5.75 Å². The molecular weight excluding hydrogens is 354 g/mol. The monoisotopic (exact) mass is 367 g/mol. The molecule has 1 aromatic heterocycles. The summed E-state index contributed by atoms with van der Waals surface area (Å²) in [6, 6.07) is 13.6. The standard InChI is InChI=1S/C17H13N5O3S/c1-21-16(12-5-3-4-6-14(12)25-2)19-20-17(21)26-15-9-11(10-18)7-8-13(15)22(23)24/h3-9H,1-2H3. The van der Waals surface area contributed by atoms with Crippen LogP contribution in [0.2, 0.25) is 0 Å². The van der Waals surface area contributed by atoms with E-state index in [4.69, 9.17) is 10.00 Å². The SMILES string of the molecule is COc1ccccc1-c1nnc(Sc2cc(C#N)ccc2[N+](=O)[O-])n1C. The Kier molecular flexibility index (Phi) is 4.86. The number of nitrogens with zero attached hydrogens (tertiary/aromatic N) is 5. The van der Waals surface area contributed by atoms with E-state index in [1.807, 2.05) is 30.3 Å². The van der Waals surface area contributed by atoms with Crippen molar-refractivity contribution in [3.63, 3.8) is 0 Å². The van der Waals surface area contributed by atoms with Gasteiger partial charge in [0.05, 0.1) is 34.1 Å². The van der Waals surface area contributed by atoms with E-state index >= 15 is 0 Å². The van der Waals surface area contributed by atoms with Gasteiger partial charge in [0.15, 0.2) is 11.0 Å². The topological polar surface area (TPSA) is 107 Å². The number of nitro groups is 1. The first-order valence-corrected chi connectivity index (χ1v) is 8.26. The number of hydrogen-bond acceptors (Lipinski definition) is 7. The van der Waals surface area contributed by atoms with E-state index in [2.05, 4.69) is 10.2 Å². The number of aromatic nitrogens is 3. The van der Waals surface area contributed by atoms with Crippen molar-refractivity contribution >= 4 is 17.4 Å². The average molecular weight is 367 g/mol. The van der Waals surface area contributed by atoms with Crippen LogP contribution in [0.4, 0.5) is 5.69 Å². The minimum absolute atomic E-state index is 0.0872. The second kappa shape index (κ2) is 7.25. The van der Waals surface area contributed by atoms with E-state index in [0.29, 0.717) is 27.2 Å². The Morgan fingerprint density at radius 2 is 2.04 bits per heavy atom. The van der Waals surface area contributed by atoms with Crippen LogP contribution in [0.3, 0.4) is 0 Å². The molecule has 0 saturated heterocycles. The molecule has 0 N–H and O–H groups in total. The molecular formula is C17H13N5O3S. The molecule has 130 valence electrons. The zero-order chi connectivity index (χ0) is 18.7. The maximum atomic E-state index is 11.3. The number of nitriles is 1. The van der Waals surface area contributed by atoms with Crippen molar-refractivity contribution in [2.45, 2.75) is 10.1 Å². The zero-order valence-corrected chi connectivity index (χ0v) is 14.7. The highest BCUT2D eigenvalue weighted by Crippen LogP contribution is 2.36. The lowest BCUT2D eigenvalue weighted by molar-refractivity contribution is -0.387. The maximum Gasteiger partial charge on any atom is 0.283 e. The quantitative estimate of drug-likeness (QED) is 0.502. The van der Waals surface area contributed by atoms with Crippen LogP contribution < -0.4 is 4.74 Å². The minimum Gasteiger partial charge on any atom is -0.496 e. The van der Waals surface area contributed by atoms with Gasteiger partial charge in [0.2, 0.25) is 0 Å². The third kappa shape index (κ3) is 3.22.